The Hall–Kier alpha value is -3.67. The number of benzene rings is 1. The van der Waals surface area contributed by atoms with E-state index in [1.165, 1.54) is 11.2 Å². The summed E-state index contributed by atoms with van der Waals surface area (Å²) in [5, 5.41) is 23.1. The van der Waals surface area contributed by atoms with Gasteiger partial charge in [0.25, 0.3) is 0 Å². The first kappa shape index (κ1) is 16.8. The number of nitriles is 1. The van der Waals surface area contributed by atoms with Gasteiger partial charge < -0.3 is 14.7 Å². The van der Waals surface area contributed by atoms with Crippen LogP contribution in [-0.2, 0) is 0 Å². The first-order chi connectivity index (χ1) is 13.2. The van der Waals surface area contributed by atoms with Gasteiger partial charge in [-0.25, -0.2) is 19.4 Å². The fourth-order valence-electron chi connectivity index (χ4n) is 3.20. The highest BCUT2D eigenvalue weighted by molar-refractivity contribution is 5.80. The number of nitrogens with zero attached hydrogens (tertiary/aromatic N) is 6. The topological polar surface area (TPSA) is 117 Å². The van der Waals surface area contributed by atoms with Gasteiger partial charge in [0.05, 0.1) is 23.9 Å². The van der Waals surface area contributed by atoms with Crippen LogP contribution < -0.4 is 4.74 Å². The van der Waals surface area contributed by atoms with E-state index in [0.717, 1.165) is 0 Å². The van der Waals surface area contributed by atoms with Gasteiger partial charge in [0, 0.05) is 13.1 Å². The molecule has 1 aromatic carbocycles. The maximum atomic E-state index is 11.1. The van der Waals surface area contributed by atoms with Crippen molar-refractivity contribution in [3.63, 3.8) is 0 Å². The van der Waals surface area contributed by atoms with Crippen LogP contribution in [0.4, 0.5) is 4.79 Å². The van der Waals surface area contributed by atoms with Crippen molar-refractivity contribution in [2.24, 2.45) is 0 Å². The fourth-order valence-corrected chi connectivity index (χ4v) is 3.20. The summed E-state index contributed by atoms with van der Waals surface area (Å²) < 4.78 is 7.66. The van der Waals surface area contributed by atoms with E-state index < -0.39 is 6.09 Å². The quantitative estimate of drug-likeness (QED) is 0.759. The number of aromatic nitrogens is 4. The van der Waals surface area contributed by atoms with Crippen molar-refractivity contribution < 1.29 is 14.6 Å². The van der Waals surface area contributed by atoms with Crippen molar-refractivity contribution >= 4 is 17.1 Å². The normalized spacial score (nSPS) is 14.9. The average molecular weight is 364 g/mol. The number of carbonyl (C=O) groups is 1. The van der Waals surface area contributed by atoms with E-state index in [1.54, 1.807) is 30.5 Å². The summed E-state index contributed by atoms with van der Waals surface area (Å²) in [5.74, 6) is 0.954. The molecular weight excluding hydrogens is 348 g/mol. The van der Waals surface area contributed by atoms with E-state index in [1.807, 2.05) is 4.68 Å². The second-order valence-corrected chi connectivity index (χ2v) is 6.24. The third-order valence-corrected chi connectivity index (χ3v) is 4.63. The van der Waals surface area contributed by atoms with E-state index >= 15 is 0 Å². The fraction of sp³-hybridized carbons (Fsp3) is 0.278. The minimum atomic E-state index is -0.890. The summed E-state index contributed by atoms with van der Waals surface area (Å²) in [4.78, 5) is 21.0. The highest BCUT2D eigenvalue weighted by Crippen LogP contribution is 2.30. The van der Waals surface area contributed by atoms with Gasteiger partial charge in [-0.15, -0.1) is 0 Å². The molecule has 3 aromatic rings. The van der Waals surface area contributed by atoms with E-state index in [2.05, 4.69) is 21.1 Å². The largest absolute Gasteiger partial charge is 0.465 e. The Balaban J connectivity index is 1.58. The lowest BCUT2D eigenvalue weighted by atomic mass is 10.1. The van der Waals surface area contributed by atoms with Crippen LogP contribution in [0.25, 0.3) is 11.0 Å². The Kier molecular flexibility index (Phi) is 4.30. The van der Waals surface area contributed by atoms with Crippen LogP contribution in [0.2, 0.25) is 0 Å². The monoisotopic (exact) mass is 364 g/mol. The molecule has 2 aromatic heterocycles. The van der Waals surface area contributed by atoms with Gasteiger partial charge in [-0.2, -0.15) is 10.4 Å². The van der Waals surface area contributed by atoms with Gasteiger partial charge in [-0.1, -0.05) is 0 Å². The molecule has 4 rings (SSSR count). The second kappa shape index (κ2) is 6.92. The Labute approximate surface area is 154 Å². The minimum Gasteiger partial charge on any atom is -0.465 e. The van der Waals surface area contributed by atoms with Crippen LogP contribution in [-0.4, -0.2) is 48.9 Å². The van der Waals surface area contributed by atoms with Gasteiger partial charge in [0.15, 0.2) is 5.65 Å². The summed E-state index contributed by atoms with van der Waals surface area (Å²) in [6.07, 6.45) is 3.56. The number of likely N-dealkylation sites (tertiary alicyclic amines) is 1. The average Bonchev–Trinajstić information content (AvgIpc) is 3.14. The summed E-state index contributed by atoms with van der Waals surface area (Å²) in [6, 6.07) is 8.90. The molecule has 9 nitrogen and oxygen atoms in total. The first-order valence-corrected chi connectivity index (χ1v) is 8.50. The molecule has 9 heteroatoms. The molecule has 0 spiro atoms. The molecule has 1 N–H and O–H groups in total. The standard InChI is InChI=1S/C18H16N6O3/c19-9-12-1-3-14(4-2-12)27-17-15-10-22-24(16(15)20-11-21-17)13-5-7-23(8-6-13)18(25)26/h1-4,10-11,13H,5-8H2,(H,25,26). The molecule has 0 radical (unpaired) electrons. The Morgan fingerprint density at radius 3 is 2.63 bits per heavy atom. The van der Waals surface area contributed by atoms with Crippen LogP contribution in [0.3, 0.4) is 0 Å². The van der Waals surface area contributed by atoms with Gasteiger partial charge in [0.2, 0.25) is 5.88 Å². The molecule has 3 heterocycles. The summed E-state index contributed by atoms with van der Waals surface area (Å²) in [6.45, 7) is 0.946. The van der Waals surface area contributed by atoms with Crippen molar-refractivity contribution in [1.29, 1.82) is 5.26 Å². The van der Waals surface area contributed by atoms with Crippen molar-refractivity contribution in [1.82, 2.24) is 24.6 Å². The molecule has 1 aliphatic heterocycles. The molecule has 1 fully saturated rings. The molecule has 0 saturated carbocycles. The number of carboxylic acid groups (broad SMARTS) is 1. The molecule has 0 aliphatic carbocycles. The smallest absolute Gasteiger partial charge is 0.407 e. The van der Waals surface area contributed by atoms with Crippen LogP contribution in [0.15, 0.2) is 36.8 Å². The number of ether oxygens (including phenoxy) is 1. The highest BCUT2D eigenvalue weighted by atomic mass is 16.5. The van der Waals surface area contributed by atoms with Gasteiger partial charge in [-0.05, 0) is 37.1 Å². The number of fused-ring (bicyclic) bond motifs is 1. The number of rotatable bonds is 3. The molecule has 1 amide bonds. The van der Waals surface area contributed by atoms with Gasteiger partial charge >= 0.3 is 6.09 Å². The molecule has 0 unspecified atom stereocenters. The highest BCUT2D eigenvalue weighted by Gasteiger charge is 2.26. The number of hydrogen-bond acceptors (Lipinski definition) is 6. The van der Waals surface area contributed by atoms with Gasteiger partial charge in [-0.3, -0.25) is 0 Å². The third-order valence-electron chi connectivity index (χ3n) is 4.63. The lowest BCUT2D eigenvalue weighted by Gasteiger charge is -2.30. The van der Waals surface area contributed by atoms with Crippen LogP contribution in [0.5, 0.6) is 11.6 Å². The lowest BCUT2D eigenvalue weighted by molar-refractivity contribution is 0.124. The molecule has 1 saturated heterocycles. The van der Waals surface area contributed by atoms with Crippen molar-refractivity contribution in [3.8, 4) is 17.7 Å². The third kappa shape index (κ3) is 3.25. The number of piperidine rings is 1. The van der Waals surface area contributed by atoms with Crippen LogP contribution >= 0.6 is 0 Å². The van der Waals surface area contributed by atoms with E-state index in [0.29, 0.717) is 54.2 Å². The second-order valence-electron chi connectivity index (χ2n) is 6.24. The van der Waals surface area contributed by atoms with Gasteiger partial charge in [0.1, 0.15) is 17.5 Å². The summed E-state index contributed by atoms with van der Waals surface area (Å²) in [7, 11) is 0. The maximum Gasteiger partial charge on any atom is 0.407 e. The van der Waals surface area contributed by atoms with Crippen LogP contribution in [0.1, 0.15) is 24.4 Å². The SMILES string of the molecule is N#Cc1ccc(Oc2ncnc3c2cnn3C2CCN(C(=O)O)CC2)cc1. The molecule has 0 bridgehead atoms. The molecular formula is C18H16N6O3. The molecule has 136 valence electrons. The zero-order chi connectivity index (χ0) is 18.8. The Morgan fingerprint density at radius 2 is 1.96 bits per heavy atom. The van der Waals surface area contributed by atoms with E-state index in [9.17, 15) is 4.79 Å². The Morgan fingerprint density at radius 1 is 1.22 bits per heavy atom. The van der Waals surface area contributed by atoms with Crippen molar-refractivity contribution in [3.05, 3.63) is 42.4 Å². The molecule has 0 atom stereocenters. The van der Waals surface area contributed by atoms with Crippen molar-refractivity contribution in [2.45, 2.75) is 18.9 Å². The zero-order valence-electron chi connectivity index (χ0n) is 14.3. The first-order valence-electron chi connectivity index (χ1n) is 8.50. The number of amides is 1. The molecule has 27 heavy (non-hydrogen) atoms. The lowest BCUT2D eigenvalue weighted by Crippen LogP contribution is -2.38. The summed E-state index contributed by atoms with van der Waals surface area (Å²) >= 11 is 0. The Bertz CT molecular complexity index is 1020. The van der Waals surface area contributed by atoms with E-state index in [-0.39, 0.29) is 6.04 Å². The molecule has 1 aliphatic rings. The summed E-state index contributed by atoms with van der Waals surface area (Å²) in [5.41, 5.74) is 1.21. The van der Waals surface area contributed by atoms with Crippen molar-refractivity contribution in [2.75, 3.05) is 13.1 Å². The number of hydrogen-bond donors (Lipinski definition) is 1. The predicted octanol–water partition coefficient (Wildman–Crippen LogP) is 2.81. The zero-order valence-corrected chi connectivity index (χ0v) is 14.3. The minimum absolute atomic E-state index is 0.0794. The maximum absolute atomic E-state index is 11.1. The van der Waals surface area contributed by atoms with E-state index in [4.69, 9.17) is 15.1 Å². The predicted molar refractivity (Wildman–Crippen MR) is 94.4 cm³/mol. The van der Waals surface area contributed by atoms with Crippen LogP contribution in [0, 0.1) is 11.3 Å².